The standard InChI is InChI=1S/C11H14N2O2/c1-13-10-4-3-7(15-2)5-8(10)9(12)6-11(13)14/h3-5,9H,6,12H2,1-2H3. The highest BCUT2D eigenvalue weighted by molar-refractivity contribution is 5.96. The Hall–Kier alpha value is -1.55. The molecule has 0 saturated carbocycles. The minimum atomic E-state index is -0.223. The molecular formula is C11H14N2O2. The van der Waals surface area contributed by atoms with E-state index in [2.05, 4.69) is 0 Å². The van der Waals surface area contributed by atoms with Gasteiger partial charge in [0.15, 0.2) is 0 Å². The SMILES string of the molecule is COc1ccc2c(c1)C(N)CC(=O)N2C. The van der Waals surface area contributed by atoms with Gasteiger partial charge in [0.1, 0.15) is 5.75 Å². The highest BCUT2D eigenvalue weighted by Gasteiger charge is 2.26. The summed E-state index contributed by atoms with van der Waals surface area (Å²) in [5.41, 5.74) is 7.76. The highest BCUT2D eigenvalue weighted by atomic mass is 16.5. The summed E-state index contributed by atoms with van der Waals surface area (Å²) in [6.45, 7) is 0. The van der Waals surface area contributed by atoms with Gasteiger partial charge in [-0.15, -0.1) is 0 Å². The first kappa shape index (κ1) is 9.98. The summed E-state index contributed by atoms with van der Waals surface area (Å²) in [5, 5.41) is 0. The average Bonchev–Trinajstić information content (AvgIpc) is 2.25. The van der Waals surface area contributed by atoms with Gasteiger partial charge >= 0.3 is 0 Å². The van der Waals surface area contributed by atoms with E-state index in [0.717, 1.165) is 17.0 Å². The third-order valence-electron chi connectivity index (χ3n) is 2.76. The summed E-state index contributed by atoms with van der Waals surface area (Å²) in [6, 6.07) is 5.37. The number of fused-ring (bicyclic) bond motifs is 1. The number of amides is 1. The Morgan fingerprint density at radius 1 is 1.53 bits per heavy atom. The van der Waals surface area contributed by atoms with Crippen LogP contribution in [0, 0.1) is 0 Å². The molecule has 2 N–H and O–H groups in total. The van der Waals surface area contributed by atoms with Crippen molar-refractivity contribution in [2.24, 2.45) is 5.73 Å². The molecule has 2 rings (SSSR count). The molecule has 80 valence electrons. The molecule has 1 aliphatic heterocycles. The number of methoxy groups -OCH3 is 1. The molecule has 15 heavy (non-hydrogen) atoms. The number of hydrogen-bond acceptors (Lipinski definition) is 3. The predicted molar refractivity (Wildman–Crippen MR) is 57.9 cm³/mol. The van der Waals surface area contributed by atoms with E-state index in [9.17, 15) is 4.79 Å². The van der Waals surface area contributed by atoms with Gasteiger partial charge in [0.05, 0.1) is 7.11 Å². The first-order chi connectivity index (χ1) is 7.13. The Labute approximate surface area is 88.6 Å². The fourth-order valence-electron chi connectivity index (χ4n) is 1.83. The molecule has 4 heteroatoms. The van der Waals surface area contributed by atoms with E-state index in [0.29, 0.717) is 6.42 Å². The predicted octanol–water partition coefficient (Wildman–Crippen LogP) is 1.06. The number of anilines is 1. The van der Waals surface area contributed by atoms with Gasteiger partial charge in [-0.3, -0.25) is 4.79 Å². The summed E-state index contributed by atoms with van der Waals surface area (Å²) in [6.07, 6.45) is 0.358. The van der Waals surface area contributed by atoms with Gasteiger partial charge in [-0.2, -0.15) is 0 Å². The van der Waals surface area contributed by atoms with Gasteiger partial charge < -0.3 is 15.4 Å². The molecule has 1 amide bonds. The number of nitrogens with two attached hydrogens (primary N) is 1. The minimum absolute atomic E-state index is 0.0557. The van der Waals surface area contributed by atoms with E-state index in [1.165, 1.54) is 0 Å². The largest absolute Gasteiger partial charge is 0.497 e. The van der Waals surface area contributed by atoms with E-state index in [4.69, 9.17) is 10.5 Å². The van der Waals surface area contributed by atoms with Crippen LogP contribution in [0.1, 0.15) is 18.0 Å². The van der Waals surface area contributed by atoms with E-state index in [-0.39, 0.29) is 11.9 Å². The minimum Gasteiger partial charge on any atom is -0.497 e. The van der Waals surface area contributed by atoms with Crippen molar-refractivity contribution >= 4 is 11.6 Å². The van der Waals surface area contributed by atoms with Gasteiger partial charge in [-0.1, -0.05) is 0 Å². The molecule has 1 aromatic rings. The molecule has 1 aliphatic rings. The monoisotopic (exact) mass is 206 g/mol. The van der Waals surface area contributed by atoms with Crippen LogP contribution in [0.3, 0.4) is 0 Å². The molecule has 1 unspecified atom stereocenters. The summed E-state index contributed by atoms with van der Waals surface area (Å²) >= 11 is 0. The number of carbonyl (C=O) groups excluding carboxylic acids is 1. The maximum absolute atomic E-state index is 11.5. The zero-order chi connectivity index (χ0) is 11.0. The Bertz CT molecular complexity index is 404. The highest BCUT2D eigenvalue weighted by Crippen LogP contribution is 2.34. The lowest BCUT2D eigenvalue weighted by Gasteiger charge is -2.29. The lowest BCUT2D eigenvalue weighted by molar-refractivity contribution is -0.119. The Balaban J connectivity index is 2.50. The van der Waals surface area contributed by atoms with Gasteiger partial charge in [0.25, 0.3) is 0 Å². The van der Waals surface area contributed by atoms with Gasteiger partial charge in [0.2, 0.25) is 5.91 Å². The van der Waals surface area contributed by atoms with Crippen molar-refractivity contribution in [2.75, 3.05) is 19.1 Å². The van der Waals surface area contributed by atoms with Crippen molar-refractivity contribution < 1.29 is 9.53 Å². The first-order valence-electron chi connectivity index (χ1n) is 4.83. The Morgan fingerprint density at radius 3 is 2.93 bits per heavy atom. The van der Waals surface area contributed by atoms with E-state index >= 15 is 0 Å². The van der Waals surface area contributed by atoms with Crippen LogP contribution in [-0.2, 0) is 4.79 Å². The van der Waals surface area contributed by atoms with Crippen LogP contribution in [-0.4, -0.2) is 20.1 Å². The topological polar surface area (TPSA) is 55.6 Å². The number of hydrogen-bond donors (Lipinski definition) is 1. The third kappa shape index (κ3) is 1.57. The third-order valence-corrected chi connectivity index (χ3v) is 2.76. The zero-order valence-corrected chi connectivity index (χ0v) is 8.86. The number of rotatable bonds is 1. The van der Waals surface area contributed by atoms with Crippen molar-refractivity contribution in [2.45, 2.75) is 12.5 Å². The second kappa shape index (κ2) is 3.55. The Kier molecular flexibility index (Phi) is 2.36. The zero-order valence-electron chi connectivity index (χ0n) is 8.86. The van der Waals surface area contributed by atoms with E-state index < -0.39 is 0 Å². The van der Waals surface area contributed by atoms with Crippen LogP contribution < -0.4 is 15.4 Å². The number of ether oxygens (including phenoxy) is 1. The number of benzene rings is 1. The summed E-state index contributed by atoms with van der Waals surface area (Å²) < 4.78 is 5.13. The Morgan fingerprint density at radius 2 is 2.27 bits per heavy atom. The van der Waals surface area contributed by atoms with Crippen LogP contribution in [0.25, 0.3) is 0 Å². The van der Waals surface area contributed by atoms with Gasteiger partial charge in [-0.05, 0) is 23.8 Å². The molecule has 0 saturated heterocycles. The van der Waals surface area contributed by atoms with Crippen molar-refractivity contribution in [3.63, 3.8) is 0 Å². The summed E-state index contributed by atoms with van der Waals surface area (Å²) in [7, 11) is 3.38. The molecule has 0 aromatic heterocycles. The maximum atomic E-state index is 11.5. The van der Waals surface area contributed by atoms with Crippen molar-refractivity contribution in [3.8, 4) is 5.75 Å². The first-order valence-corrected chi connectivity index (χ1v) is 4.83. The second-order valence-corrected chi connectivity index (χ2v) is 3.69. The summed E-state index contributed by atoms with van der Waals surface area (Å²) in [4.78, 5) is 13.2. The molecule has 0 radical (unpaired) electrons. The molecule has 1 heterocycles. The molecule has 1 atom stereocenters. The lowest BCUT2D eigenvalue weighted by atomic mass is 9.97. The molecule has 0 bridgehead atoms. The normalized spacial score (nSPS) is 20.1. The smallest absolute Gasteiger partial charge is 0.228 e. The van der Waals surface area contributed by atoms with Crippen LogP contribution in [0.4, 0.5) is 5.69 Å². The van der Waals surface area contributed by atoms with E-state index in [1.807, 2.05) is 18.2 Å². The van der Waals surface area contributed by atoms with Crippen molar-refractivity contribution in [3.05, 3.63) is 23.8 Å². The fourth-order valence-corrected chi connectivity index (χ4v) is 1.83. The summed E-state index contributed by atoms with van der Waals surface area (Å²) in [5.74, 6) is 0.826. The van der Waals surface area contributed by atoms with Crippen molar-refractivity contribution in [1.82, 2.24) is 0 Å². The second-order valence-electron chi connectivity index (χ2n) is 3.69. The van der Waals surface area contributed by atoms with Crippen molar-refractivity contribution in [1.29, 1.82) is 0 Å². The average molecular weight is 206 g/mol. The maximum Gasteiger partial charge on any atom is 0.228 e. The van der Waals surface area contributed by atoms with E-state index in [1.54, 1.807) is 19.1 Å². The van der Waals surface area contributed by atoms with Crippen LogP contribution in [0.5, 0.6) is 5.75 Å². The number of nitrogens with zero attached hydrogens (tertiary/aromatic N) is 1. The molecule has 4 nitrogen and oxygen atoms in total. The van der Waals surface area contributed by atoms with Gasteiger partial charge in [0, 0.05) is 25.2 Å². The molecule has 1 aromatic carbocycles. The molecular weight excluding hydrogens is 192 g/mol. The fraction of sp³-hybridized carbons (Fsp3) is 0.364. The van der Waals surface area contributed by atoms with Crippen LogP contribution >= 0.6 is 0 Å². The number of carbonyl (C=O) groups is 1. The molecule has 0 fully saturated rings. The van der Waals surface area contributed by atoms with Crippen LogP contribution in [0.15, 0.2) is 18.2 Å². The van der Waals surface area contributed by atoms with Gasteiger partial charge in [-0.25, -0.2) is 0 Å². The molecule has 0 spiro atoms. The quantitative estimate of drug-likeness (QED) is 0.747. The van der Waals surface area contributed by atoms with Crippen LogP contribution in [0.2, 0.25) is 0 Å². The molecule has 0 aliphatic carbocycles. The lowest BCUT2D eigenvalue weighted by Crippen LogP contribution is -2.35.